The molecule has 1 aromatic carbocycles. The van der Waals surface area contributed by atoms with Crippen LogP contribution in [0.5, 0.6) is 0 Å². The number of rotatable bonds is 3. The van der Waals surface area contributed by atoms with Crippen molar-refractivity contribution in [2.24, 2.45) is 0 Å². The fraction of sp³-hybridized carbons (Fsp3) is 0.353. The Morgan fingerprint density at radius 2 is 2.09 bits per heavy atom. The van der Waals surface area contributed by atoms with E-state index in [9.17, 15) is 14.7 Å². The van der Waals surface area contributed by atoms with E-state index in [1.54, 1.807) is 4.57 Å². The van der Waals surface area contributed by atoms with E-state index in [4.69, 9.17) is 4.74 Å². The van der Waals surface area contributed by atoms with E-state index in [1.165, 1.54) is 7.11 Å². The van der Waals surface area contributed by atoms with Crippen LogP contribution in [0.15, 0.2) is 24.3 Å². The summed E-state index contributed by atoms with van der Waals surface area (Å²) in [5.41, 5.74) is 2.43. The number of nitrogens with zero attached hydrogens (tertiary/aromatic N) is 2. The van der Waals surface area contributed by atoms with Gasteiger partial charge in [-0.25, -0.2) is 14.6 Å². The summed E-state index contributed by atoms with van der Waals surface area (Å²) in [5, 5.41) is 9.46. The second-order valence-electron chi connectivity index (χ2n) is 5.65. The number of aromatic carboxylic acids is 1. The molecule has 1 atom stereocenters. The highest BCUT2D eigenvalue weighted by atomic mass is 16.5. The first-order chi connectivity index (χ1) is 11.0. The molecule has 0 amide bonds. The molecule has 1 N–H and O–H groups in total. The molecule has 6 heteroatoms. The number of carboxylic acid groups (broad SMARTS) is 1. The highest BCUT2D eigenvalue weighted by Gasteiger charge is 2.34. The zero-order chi connectivity index (χ0) is 16.6. The van der Waals surface area contributed by atoms with Gasteiger partial charge in [0.2, 0.25) is 0 Å². The van der Waals surface area contributed by atoms with Gasteiger partial charge in [-0.15, -0.1) is 0 Å². The molecule has 2 heterocycles. The fourth-order valence-corrected chi connectivity index (χ4v) is 3.18. The van der Waals surface area contributed by atoms with Crippen LogP contribution in [-0.2, 0) is 16.0 Å². The monoisotopic (exact) mass is 314 g/mol. The number of benzene rings is 1. The fourth-order valence-electron chi connectivity index (χ4n) is 3.18. The highest BCUT2D eigenvalue weighted by molar-refractivity contribution is 5.89. The second kappa shape index (κ2) is 5.87. The van der Waals surface area contributed by atoms with Crippen LogP contribution in [0.1, 0.15) is 40.6 Å². The number of hydrogen-bond acceptors (Lipinski definition) is 4. The second-order valence-corrected chi connectivity index (χ2v) is 5.65. The number of aryl methyl sites for hydroxylation is 1. The Labute approximate surface area is 133 Å². The molecule has 1 aromatic heterocycles. The minimum atomic E-state index is -1.07. The van der Waals surface area contributed by atoms with E-state index in [2.05, 4.69) is 4.98 Å². The van der Waals surface area contributed by atoms with Crippen LogP contribution >= 0.6 is 0 Å². The Morgan fingerprint density at radius 1 is 1.35 bits per heavy atom. The molecule has 0 aliphatic carbocycles. The first-order valence-corrected chi connectivity index (χ1v) is 7.52. The number of hydrogen-bond donors (Lipinski definition) is 1. The van der Waals surface area contributed by atoms with Crippen molar-refractivity contribution in [3.8, 4) is 11.4 Å². The van der Waals surface area contributed by atoms with E-state index in [1.807, 2.05) is 31.2 Å². The number of imidazole rings is 1. The molecular formula is C17H18N2O4. The van der Waals surface area contributed by atoms with Gasteiger partial charge in [-0.1, -0.05) is 24.3 Å². The van der Waals surface area contributed by atoms with Gasteiger partial charge in [-0.3, -0.25) is 0 Å². The lowest BCUT2D eigenvalue weighted by atomic mass is 10.0. The van der Waals surface area contributed by atoms with Crippen molar-refractivity contribution in [3.05, 3.63) is 41.2 Å². The quantitative estimate of drug-likeness (QED) is 0.881. The summed E-state index contributed by atoms with van der Waals surface area (Å²) >= 11 is 0. The number of carbonyl (C=O) groups excluding carboxylic acids is 1. The summed E-state index contributed by atoms with van der Waals surface area (Å²) in [6.07, 6.45) is 1.95. The lowest BCUT2D eigenvalue weighted by molar-refractivity contribution is -0.145. The Balaban J connectivity index is 2.26. The van der Waals surface area contributed by atoms with Gasteiger partial charge in [0.1, 0.15) is 11.9 Å². The molecule has 6 nitrogen and oxygen atoms in total. The summed E-state index contributed by atoms with van der Waals surface area (Å²) in [6.45, 7) is 1.94. The molecule has 0 saturated carbocycles. The van der Waals surface area contributed by atoms with E-state index in [0.29, 0.717) is 24.4 Å². The third-order valence-corrected chi connectivity index (χ3v) is 4.27. The van der Waals surface area contributed by atoms with Gasteiger partial charge in [-0.2, -0.15) is 0 Å². The van der Waals surface area contributed by atoms with Gasteiger partial charge >= 0.3 is 11.9 Å². The third kappa shape index (κ3) is 2.50. The van der Waals surface area contributed by atoms with Crippen molar-refractivity contribution in [1.82, 2.24) is 9.55 Å². The predicted molar refractivity (Wildman–Crippen MR) is 83.4 cm³/mol. The van der Waals surface area contributed by atoms with Crippen LogP contribution in [0.25, 0.3) is 11.4 Å². The zero-order valence-electron chi connectivity index (χ0n) is 13.1. The SMILES string of the molecule is COC(=O)C1CCCc2c(C(=O)O)nc(-c3ccccc3C)n21. The number of esters is 1. The molecule has 0 fully saturated rings. The Bertz CT molecular complexity index is 779. The topological polar surface area (TPSA) is 81.4 Å². The standard InChI is InChI=1S/C17H18N2O4/c1-10-6-3-4-7-11(10)15-18-14(16(20)21)12-8-5-9-13(19(12)15)17(22)23-2/h3-4,6-7,13H,5,8-9H2,1-2H3,(H,20,21). The van der Waals surface area contributed by atoms with Crippen molar-refractivity contribution >= 4 is 11.9 Å². The smallest absolute Gasteiger partial charge is 0.356 e. The summed E-state index contributed by atoms with van der Waals surface area (Å²) in [4.78, 5) is 28.1. The van der Waals surface area contributed by atoms with Crippen LogP contribution < -0.4 is 0 Å². The first kappa shape index (κ1) is 15.3. The molecule has 1 aliphatic rings. The van der Waals surface area contributed by atoms with Crippen molar-refractivity contribution in [2.75, 3.05) is 7.11 Å². The maximum Gasteiger partial charge on any atom is 0.356 e. The molecule has 0 spiro atoms. The van der Waals surface area contributed by atoms with Crippen LogP contribution in [0, 0.1) is 6.92 Å². The first-order valence-electron chi connectivity index (χ1n) is 7.52. The molecule has 0 bridgehead atoms. The molecule has 23 heavy (non-hydrogen) atoms. The number of ether oxygens (including phenoxy) is 1. The lowest BCUT2D eigenvalue weighted by Gasteiger charge is -2.25. The molecule has 1 unspecified atom stereocenters. The van der Waals surface area contributed by atoms with Crippen LogP contribution in [0.4, 0.5) is 0 Å². The average Bonchev–Trinajstić information content (AvgIpc) is 2.94. The van der Waals surface area contributed by atoms with Gasteiger partial charge in [0.05, 0.1) is 12.8 Å². The number of carboxylic acids is 1. The molecule has 0 saturated heterocycles. The Hall–Kier alpha value is -2.63. The maximum absolute atomic E-state index is 12.2. The normalized spacial score (nSPS) is 16.7. The minimum absolute atomic E-state index is 0.0249. The number of fused-ring (bicyclic) bond motifs is 1. The number of methoxy groups -OCH3 is 1. The van der Waals surface area contributed by atoms with Gasteiger partial charge in [0.15, 0.2) is 5.69 Å². The molecule has 3 rings (SSSR count). The van der Waals surface area contributed by atoms with Gasteiger partial charge in [-0.05, 0) is 31.7 Å². The largest absolute Gasteiger partial charge is 0.476 e. The van der Waals surface area contributed by atoms with Crippen molar-refractivity contribution in [2.45, 2.75) is 32.2 Å². The predicted octanol–water partition coefficient (Wildman–Crippen LogP) is 2.61. The van der Waals surface area contributed by atoms with Crippen molar-refractivity contribution in [1.29, 1.82) is 0 Å². The van der Waals surface area contributed by atoms with E-state index < -0.39 is 12.0 Å². The third-order valence-electron chi connectivity index (χ3n) is 4.27. The van der Waals surface area contributed by atoms with Gasteiger partial charge in [0, 0.05) is 5.56 Å². The highest BCUT2D eigenvalue weighted by Crippen LogP contribution is 2.35. The van der Waals surface area contributed by atoms with Crippen LogP contribution in [-0.4, -0.2) is 33.7 Å². The minimum Gasteiger partial charge on any atom is -0.476 e. The van der Waals surface area contributed by atoms with Gasteiger partial charge < -0.3 is 14.4 Å². The number of aromatic nitrogens is 2. The summed E-state index contributed by atoms with van der Waals surface area (Å²) in [5.74, 6) is -0.917. The van der Waals surface area contributed by atoms with Crippen molar-refractivity contribution in [3.63, 3.8) is 0 Å². The van der Waals surface area contributed by atoms with Crippen LogP contribution in [0.2, 0.25) is 0 Å². The van der Waals surface area contributed by atoms with Crippen LogP contribution in [0.3, 0.4) is 0 Å². The molecule has 2 aromatic rings. The Kier molecular flexibility index (Phi) is 3.90. The lowest BCUT2D eigenvalue weighted by Crippen LogP contribution is -2.27. The maximum atomic E-state index is 12.2. The average molecular weight is 314 g/mol. The van der Waals surface area contributed by atoms with Crippen molar-refractivity contribution < 1.29 is 19.4 Å². The van der Waals surface area contributed by atoms with E-state index >= 15 is 0 Å². The van der Waals surface area contributed by atoms with E-state index in [-0.39, 0.29) is 11.7 Å². The summed E-state index contributed by atoms with van der Waals surface area (Å²) in [7, 11) is 1.35. The van der Waals surface area contributed by atoms with E-state index in [0.717, 1.165) is 17.5 Å². The number of carbonyl (C=O) groups is 2. The summed E-state index contributed by atoms with van der Waals surface area (Å²) in [6, 6.07) is 7.08. The summed E-state index contributed by atoms with van der Waals surface area (Å²) < 4.78 is 6.65. The Morgan fingerprint density at radius 3 is 2.74 bits per heavy atom. The zero-order valence-corrected chi connectivity index (χ0v) is 13.1. The molecule has 120 valence electrons. The molecule has 0 radical (unpaired) electrons. The van der Waals surface area contributed by atoms with Gasteiger partial charge in [0.25, 0.3) is 0 Å². The molecular weight excluding hydrogens is 296 g/mol. The molecule has 1 aliphatic heterocycles.